The van der Waals surface area contributed by atoms with E-state index in [-0.39, 0.29) is 5.91 Å². The largest absolute Gasteiger partial charge is 0.347 e. The Morgan fingerprint density at radius 2 is 2.67 bits per heavy atom. The molecule has 0 saturated heterocycles. The third kappa shape index (κ3) is 2.07. The zero-order chi connectivity index (χ0) is 8.97. The van der Waals surface area contributed by atoms with Crippen LogP contribution in [-0.4, -0.2) is 22.6 Å². The first-order valence-corrected chi connectivity index (χ1v) is 4.41. The zero-order valence-corrected chi connectivity index (χ0v) is 8.46. The van der Waals surface area contributed by atoms with Crippen LogP contribution in [0.4, 0.5) is 0 Å². The van der Waals surface area contributed by atoms with Crippen molar-refractivity contribution in [2.24, 2.45) is 0 Å². The second-order valence-electron chi connectivity index (χ2n) is 2.09. The molecule has 4 nitrogen and oxygen atoms in total. The fourth-order valence-corrected chi connectivity index (χ4v) is 1.19. The molecule has 1 rings (SSSR count). The predicted molar refractivity (Wildman–Crippen MR) is 53.8 cm³/mol. The van der Waals surface area contributed by atoms with Gasteiger partial charge in [0.05, 0.1) is 9.77 Å². The van der Waals surface area contributed by atoms with E-state index in [4.69, 9.17) is 0 Å². The van der Waals surface area contributed by atoms with Gasteiger partial charge in [-0.05, 0) is 22.6 Å². The summed E-state index contributed by atoms with van der Waals surface area (Å²) in [5.41, 5.74) is 0.498. The Hall–Kier alpha value is -0.850. The van der Waals surface area contributed by atoms with Crippen molar-refractivity contribution < 1.29 is 4.79 Å². The van der Waals surface area contributed by atoms with E-state index in [0.29, 0.717) is 12.2 Å². The van der Waals surface area contributed by atoms with Crippen molar-refractivity contribution in [3.63, 3.8) is 0 Å². The van der Waals surface area contributed by atoms with E-state index in [1.807, 2.05) is 22.6 Å². The van der Waals surface area contributed by atoms with E-state index in [2.05, 4.69) is 22.1 Å². The monoisotopic (exact) mass is 277 g/mol. The van der Waals surface area contributed by atoms with Gasteiger partial charge in [-0.1, -0.05) is 6.08 Å². The van der Waals surface area contributed by atoms with E-state index >= 15 is 0 Å². The van der Waals surface area contributed by atoms with Crippen molar-refractivity contribution in [2.45, 2.75) is 0 Å². The summed E-state index contributed by atoms with van der Waals surface area (Å²) >= 11 is 2.04. The van der Waals surface area contributed by atoms with E-state index in [1.54, 1.807) is 12.3 Å². The van der Waals surface area contributed by atoms with Crippen LogP contribution in [-0.2, 0) is 0 Å². The number of amides is 1. The van der Waals surface area contributed by atoms with Crippen LogP contribution in [0.3, 0.4) is 0 Å². The molecule has 2 N–H and O–H groups in total. The summed E-state index contributed by atoms with van der Waals surface area (Å²) < 4.78 is 0.814. The number of carbonyl (C=O) groups is 1. The lowest BCUT2D eigenvalue weighted by atomic mass is 10.4. The maximum atomic E-state index is 11.3. The summed E-state index contributed by atoms with van der Waals surface area (Å²) in [5, 5.41) is 8.98. The molecule has 0 bridgehead atoms. The Bertz CT molecular complexity index is 295. The standard InChI is InChI=1S/C7H8IN3O/c1-2-3-9-7(12)6-5(8)4-10-11-6/h2,4H,1,3H2,(H,9,12)(H,10,11). The summed E-state index contributed by atoms with van der Waals surface area (Å²) in [7, 11) is 0. The molecule has 0 unspecified atom stereocenters. The first-order chi connectivity index (χ1) is 5.75. The molecule has 0 aliphatic heterocycles. The van der Waals surface area contributed by atoms with Gasteiger partial charge >= 0.3 is 0 Å². The average Bonchev–Trinajstić information content (AvgIpc) is 2.47. The third-order valence-electron chi connectivity index (χ3n) is 1.23. The van der Waals surface area contributed by atoms with Gasteiger partial charge in [0.15, 0.2) is 0 Å². The number of nitrogens with zero attached hydrogens (tertiary/aromatic N) is 1. The highest BCUT2D eigenvalue weighted by atomic mass is 127. The lowest BCUT2D eigenvalue weighted by Gasteiger charge is -1.98. The molecule has 0 spiro atoms. The average molecular weight is 277 g/mol. The number of aromatic amines is 1. The molecule has 0 aromatic carbocycles. The summed E-state index contributed by atoms with van der Waals surface area (Å²) in [4.78, 5) is 11.3. The van der Waals surface area contributed by atoms with Crippen LogP contribution < -0.4 is 5.32 Å². The maximum Gasteiger partial charge on any atom is 0.270 e. The summed E-state index contributed by atoms with van der Waals surface area (Å²) in [6, 6.07) is 0. The van der Waals surface area contributed by atoms with Crippen molar-refractivity contribution in [3.8, 4) is 0 Å². The number of H-pyrrole nitrogens is 1. The molecule has 5 heteroatoms. The normalized spacial score (nSPS) is 9.42. The maximum absolute atomic E-state index is 11.3. The van der Waals surface area contributed by atoms with E-state index in [0.717, 1.165) is 3.57 Å². The molecule has 0 radical (unpaired) electrons. The molecule has 0 atom stereocenters. The number of halogens is 1. The molecular weight excluding hydrogens is 269 g/mol. The van der Waals surface area contributed by atoms with Crippen LogP contribution in [0.1, 0.15) is 10.5 Å². The van der Waals surface area contributed by atoms with Gasteiger partial charge in [0.2, 0.25) is 0 Å². The van der Waals surface area contributed by atoms with Gasteiger partial charge in [0.1, 0.15) is 5.69 Å². The molecule has 1 amide bonds. The van der Waals surface area contributed by atoms with Crippen molar-refractivity contribution in [3.05, 3.63) is 28.1 Å². The highest BCUT2D eigenvalue weighted by Gasteiger charge is 2.09. The molecule has 1 aromatic rings. The molecule has 1 aromatic heterocycles. The molecule has 12 heavy (non-hydrogen) atoms. The van der Waals surface area contributed by atoms with Crippen LogP contribution in [0.5, 0.6) is 0 Å². The van der Waals surface area contributed by atoms with E-state index in [9.17, 15) is 4.79 Å². The molecule has 0 aliphatic rings. The van der Waals surface area contributed by atoms with Gasteiger partial charge in [-0.25, -0.2) is 0 Å². The number of hydrogen-bond acceptors (Lipinski definition) is 2. The summed E-state index contributed by atoms with van der Waals surface area (Å²) in [6.07, 6.45) is 3.23. The first-order valence-electron chi connectivity index (χ1n) is 3.33. The number of carbonyl (C=O) groups excluding carboxylic acids is 1. The minimum absolute atomic E-state index is 0.156. The molecule has 64 valence electrons. The molecule has 0 saturated carbocycles. The fourth-order valence-electron chi connectivity index (χ4n) is 0.684. The Morgan fingerprint density at radius 3 is 3.17 bits per heavy atom. The van der Waals surface area contributed by atoms with Gasteiger partial charge in [-0.2, -0.15) is 5.10 Å². The summed E-state index contributed by atoms with van der Waals surface area (Å²) in [6.45, 7) is 3.96. The number of nitrogens with one attached hydrogen (secondary N) is 2. The number of aromatic nitrogens is 2. The second kappa shape index (κ2) is 4.24. The molecule has 0 fully saturated rings. The zero-order valence-electron chi connectivity index (χ0n) is 6.30. The van der Waals surface area contributed by atoms with Gasteiger partial charge in [-0.15, -0.1) is 6.58 Å². The van der Waals surface area contributed by atoms with Crippen molar-refractivity contribution in [1.82, 2.24) is 15.5 Å². The Balaban J connectivity index is 2.65. The molecular formula is C7H8IN3O. The predicted octanol–water partition coefficient (Wildman–Crippen LogP) is 0.930. The lowest BCUT2D eigenvalue weighted by molar-refractivity contribution is 0.0952. The van der Waals surface area contributed by atoms with Gasteiger partial charge in [0.25, 0.3) is 5.91 Å². The SMILES string of the molecule is C=CCNC(=O)c1[nH]ncc1I. The first kappa shape index (κ1) is 9.24. The molecule has 1 heterocycles. The van der Waals surface area contributed by atoms with Crippen LogP contribution in [0.2, 0.25) is 0 Å². The number of hydrogen-bond donors (Lipinski definition) is 2. The minimum Gasteiger partial charge on any atom is -0.347 e. The van der Waals surface area contributed by atoms with Crippen molar-refractivity contribution in [1.29, 1.82) is 0 Å². The Labute approximate surface area is 83.6 Å². The quantitative estimate of drug-likeness (QED) is 0.638. The number of rotatable bonds is 3. The minimum atomic E-state index is -0.156. The van der Waals surface area contributed by atoms with Gasteiger partial charge < -0.3 is 5.32 Å². The van der Waals surface area contributed by atoms with Crippen LogP contribution in [0.15, 0.2) is 18.9 Å². The van der Waals surface area contributed by atoms with Crippen LogP contribution in [0, 0.1) is 3.57 Å². The Morgan fingerprint density at radius 1 is 1.92 bits per heavy atom. The van der Waals surface area contributed by atoms with Crippen LogP contribution in [0.25, 0.3) is 0 Å². The highest BCUT2D eigenvalue weighted by Crippen LogP contribution is 2.06. The van der Waals surface area contributed by atoms with Gasteiger partial charge in [0, 0.05) is 6.54 Å². The topological polar surface area (TPSA) is 57.8 Å². The summed E-state index contributed by atoms with van der Waals surface area (Å²) in [5.74, 6) is -0.156. The molecule has 0 aliphatic carbocycles. The smallest absolute Gasteiger partial charge is 0.270 e. The lowest BCUT2D eigenvalue weighted by Crippen LogP contribution is -2.24. The van der Waals surface area contributed by atoms with E-state index < -0.39 is 0 Å². The van der Waals surface area contributed by atoms with Gasteiger partial charge in [-0.3, -0.25) is 9.89 Å². The second-order valence-corrected chi connectivity index (χ2v) is 3.25. The highest BCUT2D eigenvalue weighted by molar-refractivity contribution is 14.1. The van der Waals surface area contributed by atoms with Crippen molar-refractivity contribution in [2.75, 3.05) is 6.54 Å². The van der Waals surface area contributed by atoms with Crippen LogP contribution >= 0.6 is 22.6 Å². The van der Waals surface area contributed by atoms with Crippen molar-refractivity contribution >= 4 is 28.5 Å². The Kier molecular flexibility index (Phi) is 3.27. The third-order valence-corrected chi connectivity index (χ3v) is 2.05. The van der Waals surface area contributed by atoms with E-state index in [1.165, 1.54) is 0 Å². The fraction of sp³-hybridized carbons (Fsp3) is 0.143.